The molecule has 222 valence electrons. The van der Waals surface area contributed by atoms with E-state index in [0.717, 1.165) is 11.6 Å². The van der Waals surface area contributed by atoms with Gasteiger partial charge in [0, 0.05) is 61.1 Å². The SMILES string of the molecule is N#Cc1ccc(Cn2cncc2CC(=O)[C@@H](CN)CN(Cc2ccccc2C(F)(F)F)C(=S)Nc2cccc(Cl)c2)cc1. The number of nitrogens with one attached hydrogen (secondary N) is 1. The second-order valence-electron chi connectivity index (χ2n) is 9.87. The van der Waals surface area contributed by atoms with E-state index in [9.17, 15) is 18.0 Å². The molecule has 0 radical (unpaired) electrons. The number of hydrogen-bond acceptors (Lipinski definition) is 5. The average Bonchev–Trinajstić information content (AvgIpc) is 3.41. The lowest BCUT2D eigenvalue weighted by atomic mass is 9.99. The fraction of sp³-hybridized carbons (Fsp3) is 0.226. The topological polar surface area (TPSA) is 100.0 Å². The minimum Gasteiger partial charge on any atom is -0.344 e. The fourth-order valence-corrected chi connectivity index (χ4v) is 4.99. The van der Waals surface area contributed by atoms with Crippen LogP contribution in [0.4, 0.5) is 18.9 Å². The van der Waals surface area contributed by atoms with Crippen LogP contribution in [0.25, 0.3) is 0 Å². The third-order valence-corrected chi connectivity index (χ3v) is 7.41. The van der Waals surface area contributed by atoms with E-state index in [-0.39, 0.29) is 42.5 Å². The Labute approximate surface area is 257 Å². The molecule has 1 atom stereocenters. The van der Waals surface area contributed by atoms with Gasteiger partial charge in [-0.2, -0.15) is 18.4 Å². The number of ketones is 1. The largest absolute Gasteiger partial charge is 0.416 e. The van der Waals surface area contributed by atoms with Crippen LogP contribution in [0.2, 0.25) is 5.02 Å². The Balaban J connectivity index is 1.54. The molecule has 0 saturated carbocycles. The molecule has 0 aliphatic rings. The van der Waals surface area contributed by atoms with Crippen LogP contribution in [0, 0.1) is 17.2 Å². The average molecular weight is 625 g/mol. The lowest BCUT2D eigenvalue weighted by Crippen LogP contribution is -2.43. The first-order valence-electron chi connectivity index (χ1n) is 13.2. The predicted octanol–water partition coefficient (Wildman–Crippen LogP) is 6.06. The first kappa shape index (κ1) is 31.7. The summed E-state index contributed by atoms with van der Waals surface area (Å²) in [6, 6.07) is 21.2. The number of Topliss-reactive ketones (excluding diaryl/α,β-unsaturated/α-hetero) is 1. The molecule has 0 fully saturated rings. The van der Waals surface area contributed by atoms with E-state index in [4.69, 9.17) is 34.8 Å². The number of rotatable bonds is 11. The number of nitrogens with zero attached hydrogens (tertiary/aromatic N) is 4. The van der Waals surface area contributed by atoms with E-state index in [1.165, 1.54) is 23.1 Å². The number of aromatic nitrogens is 2. The molecule has 1 heterocycles. The van der Waals surface area contributed by atoms with Gasteiger partial charge >= 0.3 is 6.18 Å². The lowest BCUT2D eigenvalue weighted by molar-refractivity contribution is -0.138. The van der Waals surface area contributed by atoms with Gasteiger partial charge < -0.3 is 20.5 Å². The minimum absolute atomic E-state index is 0.00829. The molecule has 0 unspecified atom stereocenters. The Morgan fingerprint density at radius 3 is 2.56 bits per heavy atom. The number of carbonyl (C=O) groups excluding carboxylic acids is 1. The van der Waals surface area contributed by atoms with Crippen LogP contribution in [0.15, 0.2) is 85.3 Å². The van der Waals surface area contributed by atoms with Crippen molar-refractivity contribution in [1.29, 1.82) is 5.26 Å². The molecular formula is C31H28ClF3N6OS. The molecule has 4 rings (SSSR count). The molecule has 3 N–H and O–H groups in total. The maximum absolute atomic E-state index is 13.8. The summed E-state index contributed by atoms with van der Waals surface area (Å²) in [5.41, 5.74) is 7.94. The summed E-state index contributed by atoms with van der Waals surface area (Å²) in [4.78, 5) is 19.2. The van der Waals surface area contributed by atoms with Crippen LogP contribution in [0.5, 0.6) is 0 Å². The first-order chi connectivity index (χ1) is 20.6. The van der Waals surface area contributed by atoms with Crippen molar-refractivity contribution in [3.05, 3.63) is 118 Å². The van der Waals surface area contributed by atoms with Crippen molar-refractivity contribution in [2.24, 2.45) is 11.7 Å². The Hall–Kier alpha value is -4.24. The van der Waals surface area contributed by atoms with Crippen molar-refractivity contribution < 1.29 is 18.0 Å². The number of benzene rings is 3. The quantitative estimate of drug-likeness (QED) is 0.196. The van der Waals surface area contributed by atoms with Gasteiger partial charge in [0.05, 0.1) is 23.5 Å². The summed E-state index contributed by atoms with van der Waals surface area (Å²) in [6.45, 7) is 0.176. The molecule has 0 saturated heterocycles. The number of imidazole rings is 1. The highest BCUT2D eigenvalue weighted by molar-refractivity contribution is 7.80. The van der Waals surface area contributed by atoms with E-state index in [0.29, 0.717) is 28.5 Å². The molecule has 0 amide bonds. The number of anilines is 1. The zero-order chi connectivity index (χ0) is 31.0. The molecule has 0 bridgehead atoms. The number of thiocarbonyl (C=S) groups is 1. The summed E-state index contributed by atoms with van der Waals surface area (Å²) in [7, 11) is 0. The van der Waals surface area contributed by atoms with Crippen molar-refractivity contribution in [3.63, 3.8) is 0 Å². The third kappa shape index (κ3) is 8.64. The van der Waals surface area contributed by atoms with Gasteiger partial charge in [-0.05, 0) is 59.7 Å². The summed E-state index contributed by atoms with van der Waals surface area (Å²) in [5.74, 6) is -0.945. The third-order valence-electron chi connectivity index (χ3n) is 6.82. The molecule has 43 heavy (non-hydrogen) atoms. The second kappa shape index (κ2) is 14.3. The molecule has 0 aliphatic carbocycles. The van der Waals surface area contributed by atoms with Crippen molar-refractivity contribution in [2.45, 2.75) is 25.7 Å². The second-order valence-corrected chi connectivity index (χ2v) is 10.7. The normalized spacial score (nSPS) is 11.9. The zero-order valence-corrected chi connectivity index (χ0v) is 24.5. The molecule has 0 spiro atoms. The molecule has 12 heteroatoms. The predicted molar refractivity (Wildman–Crippen MR) is 163 cm³/mol. The summed E-state index contributed by atoms with van der Waals surface area (Å²) >= 11 is 11.7. The van der Waals surface area contributed by atoms with Crippen LogP contribution in [-0.2, 0) is 30.5 Å². The van der Waals surface area contributed by atoms with Crippen LogP contribution in [-0.4, -0.2) is 38.4 Å². The number of nitriles is 1. The van der Waals surface area contributed by atoms with Crippen molar-refractivity contribution in [2.75, 3.05) is 18.4 Å². The van der Waals surface area contributed by atoms with Crippen molar-refractivity contribution in [1.82, 2.24) is 14.5 Å². The van der Waals surface area contributed by atoms with Crippen LogP contribution < -0.4 is 11.1 Å². The maximum Gasteiger partial charge on any atom is 0.416 e. The Morgan fingerprint density at radius 1 is 1.14 bits per heavy atom. The molecule has 1 aromatic heterocycles. The van der Waals surface area contributed by atoms with Gasteiger partial charge in [-0.15, -0.1) is 0 Å². The molecule has 7 nitrogen and oxygen atoms in total. The van der Waals surface area contributed by atoms with Gasteiger partial charge in [0.15, 0.2) is 5.11 Å². The van der Waals surface area contributed by atoms with Gasteiger partial charge in [-0.1, -0.05) is 48.0 Å². The van der Waals surface area contributed by atoms with Crippen molar-refractivity contribution >= 4 is 40.4 Å². The highest BCUT2D eigenvalue weighted by Crippen LogP contribution is 2.32. The summed E-state index contributed by atoms with van der Waals surface area (Å²) in [5, 5.41) is 12.6. The van der Waals surface area contributed by atoms with Gasteiger partial charge in [0.2, 0.25) is 0 Å². The molecule has 4 aromatic rings. The monoisotopic (exact) mass is 624 g/mol. The smallest absolute Gasteiger partial charge is 0.344 e. The number of carbonyl (C=O) groups is 1. The number of alkyl halides is 3. The highest BCUT2D eigenvalue weighted by Gasteiger charge is 2.34. The van der Waals surface area contributed by atoms with E-state index in [1.54, 1.807) is 48.9 Å². The number of nitrogens with two attached hydrogens (primary N) is 1. The fourth-order valence-electron chi connectivity index (χ4n) is 4.54. The minimum atomic E-state index is -4.57. The molecule has 3 aromatic carbocycles. The van der Waals surface area contributed by atoms with Crippen LogP contribution in [0.3, 0.4) is 0 Å². The summed E-state index contributed by atoms with van der Waals surface area (Å²) in [6.07, 6.45) is -1.35. The number of hydrogen-bond donors (Lipinski definition) is 2. The highest BCUT2D eigenvalue weighted by atomic mass is 35.5. The molecule has 0 aliphatic heterocycles. The lowest BCUT2D eigenvalue weighted by Gasteiger charge is -2.30. The van der Waals surface area contributed by atoms with Crippen LogP contribution >= 0.6 is 23.8 Å². The van der Waals surface area contributed by atoms with Gasteiger partial charge in [0.25, 0.3) is 0 Å². The van der Waals surface area contributed by atoms with E-state index >= 15 is 0 Å². The Bertz CT molecular complexity index is 1620. The van der Waals surface area contributed by atoms with E-state index < -0.39 is 17.7 Å². The summed E-state index contributed by atoms with van der Waals surface area (Å²) < 4.78 is 43.3. The Morgan fingerprint density at radius 2 is 1.88 bits per heavy atom. The first-order valence-corrected chi connectivity index (χ1v) is 14.0. The van der Waals surface area contributed by atoms with Gasteiger partial charge in [-0.3, -0.25) is 4.79 Å². The standard InChI is InChI=1S/C31H28ClF3N6OS/c32-25-5-3-6-26(12-25)39-30(43)40(18-23-4-1-2-7-28(23)31(33,34)35)19-24(15-37)29(42)13-27-16-38-20-41(27)17-22-10-8-21(14-36)9-11-22/h1-12,16,20,24H,13,15,17-19,37H2,(H,39,43)/t24-/m0/s1. The number of halogens is 4. The van der Waals surface area contributed by atoms with Gasteiger partial charge in [-0.25, -0.2) is 4.98 Å². The van der Waals surface area contributed by atoms with E-state index in [2.05, 4.69) is 16.4 Å². The van der Waals surface area contributed by atoms with E-state index in [1.807, 2.05) is 16.7 Å². The van der Waals surface area contributed by atoms with Crippen molar-refractivity contribution in [3.8, 4) is 6.07 Å². The Kier molecular flexibility index (Phi) is 10.5. The van der Waals surface area contributed by atoms with Gasteiger partial charge in [0.1, 0.15) is 5.78 Å². The van der Waals surface area contributed by atoms with Crippen LogP contribution in [0.1, 0.15) is 27.9 Å². The molecular weight excluding hydrogens is 597 g/mol. The maximum atomic E-state index is 13.8. The zero-order valence-electron chi connectivity index (χ0n) is 22.9.